The Hall–Kier alpha value is -4.32. The molecule has 2 aromatic rings. The van der Waals surface area contributed by atoms with Gasteiger partial charge in [0.15, 0.2) is 6.10 Å². The van der Waals surface area contributed by atoms with Crippen LogP contribution in [0.1, 0.15) is 79.1 Å². The van der Waals surface area contributed by atoms with Crippen molar-refractivity contribution in [2.24, 2.45) is 17.8 Å². The van der Waals surface area contributed by atoms with Crippen LogP contribution in [-0.2, 0) is 29.1 Å². The van der Waals surface area contributed by atoms with Crippen molar-refractivity contribution in [1.29, 1.82) is 0 Å². The SMILES string of the molecule is CCCOc1cc2c(Cl)cccc2c(O[C@@H]2C[C@H]3C(=O)N[C@]4(C(=O)NS(=O)(=O)C5CC5)CC4/C=C\CC[C@@H](C)C[C@@H](C)[C@H](NC(=O)O[C@H](C)C(F)(F)F)C(=O)N3C2)n1. The van der Waals surface area contributed by atoms with Crippen molar-refractivity contribution in [3.63, 3.8) is 0 Å². The number of alkyl carbamates (subject to hydrolysis) is 1. The Bertz CT molecular complexity index is 2050. The fraction of sp³-hybridized carbons (Fsp3) is 0.615. The highest BCUT2D eigenvalue weighted by atomic mass is 35.5. The molecule has 19 heteroatoms. The molecule has 4 aliphatic rings. The number of fused-ring (bicyclic) bond motifs is 3. The maximum atomic E-state index is 14.7. The molecule has 2 saturated carbocycles. The molecule has 318 valence electrons. The highest BCUT2D eigenvalue weighted by Crippen LogP contribution is 2.46. The van der Waals surface area contributed by atoms with Crippen molar-refractivity contribution >= 4 is 56.2 Å². The molecule has 3 fully saturated rings. The number of allylic oxidation sites excluding steroid dienone is 1. The molecule has 1 saturated heterocycles. The van der Waals surface area contributed by atoms with Crippen LogP contribution in [0.15, 0.2) is 36.4 Å². The number of sulfonamides is 1. The summed E-state index contributed by atoms with van der Waals surface area (Å²) in [6, 6.07) is 4.00. The van der Waals surface area contributed by atoms with Gasteiger partial charge in [-0.3, -0.25) is 19.1 Å². The molecule has 2 aliphatic carbocycles. The summed E-state index contributed by atoms with van der Waals surface area (Å²) in [5.41, 5.74) is -1.64. The zero-order valence-electron chi connectivity index (χ0n) is 32.6. The fourth-order valence-electron chi connectivity index (χ4n) is 7.60. The van der Waals surface area contributed by atoms with Gasteiger partial charge in [-0.05, 0) is 75.8 Å². The second kappa shape index (κ2) is 17.1. The highest BCUT2D eigenvalue weighted by Gasteiger charge is 2.62. The monoisotopic (exact) mass is 855 g/mol. The van der Waals surface area contributed by atoms with Gasteiger partial charge in [-0.1, -0.05) is 50.6 Å². The number of pyridine rings is 1. The number of carbonyl (C=O) groups is 4. The van der Waals surface area contributed by atoms with E-state index >= 15 is 0 Å². The van der Waals surface area contributed by atoms with Crippen molar-refractivity contribution in [2.45, 2.75) is 120 Å². The zero-order chi connectivity index (χ0) is 42.2. The number of alkyl halides is 3. The van der Waals surface area contributed by atoms with E-state index < -0.39 is 86.9 Å². The number of hydrogen-bond acceptors (Lipinski definition) is 10. The molecule has 0 radical (unpaired) electrons. The van der Waals surface area contributed by atoms with Crippen molar-refractivity contribution < 1.29 is 55.0 Å². The molecule has 1 aromatic heterocycles. The summed E-state index contributed by atoms with van der Waals surface area (Å²) in [7, 11) is -3.99. The number of nitrogens with zero attached hydrogens (tertiary/aromatic N) is 2. The molecule has 4 amide bonds. The predicted octanol–water partition coefficient (Wildman–Crippen LogP) is 5.57. The summed E-state index contributed by atoms with van der Waals surface area (Å²) >= 11 is 6.54. The maximum absolute atomic E-state index is 14.7. The molecule has 6 rings (SSSR count). The van der Waals surface area contributed by atoms with Crippen LogP contribution in [0.3, 0.4) is 0 Å². The molecule has 58 heavy (non-hydrogen) atoms. The Morgan fingerprint density at radius 3 is 2.57 bits per heavy atom. The first-order valence-electron chi connectivity index (χ1n) is 19.6. The van der Waals surface area contributed by atoms with Crippen molar-refractivity contribution in [2.75, 3.05) is 13.2 Å². The molecule has 1 unspecified atom stereocenters. The lowest BCUT2D eigenvalue weighted by molar-refractivity contribution is -0.197. The van der Waals surface area contributed by atoms with Crippen LogP contribution < -0.4 is 24.8 Å². The van der Waals surface area contributed by atoms with Crippen LogP contribution in [0, 0.1) is 17.8 Å². The largest absolute Gasteiger partial charge is 0.478 e. The van der Waals surface area contributed by atoms with E-state index in [9.17, 15) is 40.8 Å². The third-order valence-electron chi connectivity index (χ3n) is 11.1. The lowest BCUT2D eigenvalue weighted by Crippen LogP contribution is -2.59. The minimum absolute atomic E-state index is 0.0402. The zero-order valence-corrected chi connectivity index (χ0v) is 34.2. The summed E-state index contributed by atoms with van der Waals surface area (Å²) in [4.78, 5) is 61.7. The average molecular weight is 856 g/mol. The van der Waals surface area contributed by atoms with Crippen LogP contribution in [0.25, 0.3) is 10.8 Å². The van der Waals surface area contributed by atoms with E-state index in [2.05, 4.69) is 25.1 Å². The van der Waals surface area contributed by atoms with Gasteiger partial charge in [-0.15, -0.1) is 0 Å². The van der Waals surface area contributed by atoms with E-state index in [-0.39, 0.29) is 37.1 Å². The summed E-state index contributed by atoms with van der Waals surface area (Å²) < 4.78 is 84.9. The first-order valence-corrected chi connectivity index (χ1v) is 21.5. The van der Waals surface area contributed by atoms with Gasteiger partial charge in [0.25, 0.3) is 5.91 Å². The van der Waals surface area contributed by atoms with E-state index in [1.54, 1.807) is 37.3 Å². The molecular weight excluding hydrogens is 807 g/mol. The lowest BCUT2D eigenvalue weighted by atomic mass is 9.88. The topological polar surface area (TPSA) is 182 Å². The molecule has 3 heterocycles. The van der Waals surface area contributed by atoms with Crippen molar-refractivity contribution in [3.8, 4) is 11.8 Å². The number of hydrogen-bond donors (Lipinski definition) is 3. The Labute approximate surface area is 340 Å². The van der Waals surface area contributed by atoms with Gasteiger partial charge in [0, 0.05) is 34.2 Å². The van der Waals surface area contributed by atoms with E-state index in [0.717, 1.165) is 0 Å². The van der Waals surface area contributed by atoms with Crippen LogP contribution in [0.2, 0.25) is 5.02 Å². The standard InChI is InChI=1S/C39H49ClF3N5O9S/c1-5-15-55-31-18-28-27(11-8-12-29(28)40)34(44-31)57-25-17-30-33(49)46-38(36(51)47-58(53,54)26-13-14-26)19-24(38)10-7-6-9-21(2)16-22(3)32(35(50)48(30)20-25)45-37(52)56-23(4)39(41,42)43/h7-8,10-12,18,21-26,30,32H,5-6,9,13-17,19-20H2,1-4H3,(H,45,52)(H,46,49)(H,47,51)/b10-7-/t21-,22-,23-,24?,25-,30+,32+,38-/m1/s1. The minimum Gasteiger partial charge on any atom is -0.478 e. The smallest absolute Gasteiger partial charge is 0.425 e. The van der Waals surface area contributed by atoms with Gasteiger partial charge in [-0.2, -0.15) is 18.2 Å². The van der Waals surface area contributed by atoms with Crippen LogP contribution in [0.5, 0.6) is 11.8 Å². The number of nitrogens with one attached hydrogen (secondary N) is 3. The summed E-state index contributed by atoms with van der Waals surface area (Å²) in [5, 5.41) is 5.91. The van der Waals surface area contributed by atoms with Gasteiger partial charge in [-0.25, -0.2) is 13.2 Å². The molecule has 1 aromatic carbocycles. The summed E-state index contributed by atoms with van der Waals surface area (Å²) in [5.74, 6) is -3.39. The molecular formula is C39H49ClF3N5O9S. The van der Waals surface area contributed by atoms with Gasteiger partial charge in [0.1, 0.15) is 23.7 Å². The third kappa shape index (κ3) is 9.75. The summed E-state index contributed by atoms with van der Waals surface area (Å²) in [6.07, 6.45) is -3.12. The number of benzene rings is 1. The van der Waals surface area contributed by atoms with Gasteiger partial charge < -0.3 is 29.7 Å². The molecule has 2 aliphatic heterocycles. The second-order valence-corrected chi connectivity index (χ2v) is 18.3. The van der Waals surface area contributed by atoms with Gasteiger partial charge >= 0.3 is 12.3 Å². The molecule has 0 spiro atoms. The normalized spacial score (nSPS) is 29.1. The quantitative estimate of drug-likeness (QED) is 0.256. The summed E-state index contributed by atoms with van der Waals surface area (Å²) in [6.45, 7) is 6.30. The molecule has 3 N–H and O–H groups in total. The third-order valence-corrected chi connectivity index (χ3v) is 13.3. The van der Waals surface area contributed by atoms with Crippen molar-refractivity contribution in [1.82, 2.24) is 25.2 Å². The number of aromatic nitrogens is 1. The Balaban J connectivity index is 1.36. The maximum Gasteiger partial charge on any atom is 0.425 e. The highest BCUT2D eigenvalue weighted by molar-refractivity contribution is 7.91. The Kier molecular flexibility index (Phi) is 12.8. The van der Waals surface area contributed by atoms with Crippen LogP contribution in [0.4, 0.5) is 18.0 Å². The number of carbonyl (C=O) groups excluding carboxylic acids is 4. The predicted molar refractivity (Wildman–Crippen MR) is 206 cm³/mol. The fourth-order valence-corrected chi connectivity index (χ4v) is 9.19. The minimum atomic E-state index is -4.86. The van der Waals surface area contributed by atoms with Crippen molar-refractivity contribution in [3.05, 3.63) is 41.4 Å². The first kappa shape index (κ1) is 43.3. The number of rotatable bonds is 10. The molecule has 14 nitrogen and oxygen atoms in total. The molecule has 0 bridgehead atoms. The first-order chi connectivity index (χ1) is 27.3. The van der Waals surface area contributed by atoms with E-state index in [4.69, 9.17) is 21.1 Å². The number of amides is 4. The number of ether oxygens (including phenoxy) is 3. The Morgan fingerprint density at radius 2 is 1.88 bits per heavy atom. The van der Waals surface area contributed by atoms with Crippen LogP contribution >= 0.6 is 11.6 Å². The van der Waals surface area contributed by atoms with Gasteiger partial charge in [0.05, 0.1) is 18.4 Å². The van der Waals surface area contributed by atoms with E-state index in [1.807, 2.05) is 19.9 Å². The van der Waals surface area contributed by atoms with Crippen LogP contribution in [-0.4, -0.2) is 96.5 Å². The van der Waals surface area contributed by atoms with E-state index in [0.29, 0.717) is 67.9 Å². The van der Waals surface area contributed by atoms with E-state index in [1.165, 1.54) is 4.90 Å². The number of halogens is 4. The Morgan fingerprint density at radius 1 is 1.14 bits per heavy atom. The van der Waals surface area contributed by atoms with Gasteiger partial charge in [0.2, 0.25) is 33.6 Å². The lowest BCUT2D eigenvalue weighted by Gasteiger charge is -2.33. The second-order valence-electron chi connectivity index (χ2n) is 15.9. The molecule has 8 atom stereocenters. The average Bonchev–Trinajstić information content (AvgIpc) is 4.08.